The number of ether oxygens (including phenoxy) is 1. The van der Waals surface area contributed by atoms with Gasteiger partial charge in [0, 0.05) is 11.6 Å². The molecule has 4 heteroatoms. The summed E-state index contributed by atoms with van der Waals surface area (Å²) in [6.45, 7) is 10.1. The second-order valence-electron chi connectivity index (χ2n) is 6.11. The number of benzene rings is 1. The van der Waals surface area contributed by atoms with Gasteiger partial charge in [-0.15, -0.1) is 0 Å². The molecule has 2 atom stereocenters. The highest BCUT2D eigenvalue weighted by atomic mass is 16.5. The first-order valence-electron chi connectivity index (χ1n) is 7.51. The largest absolute Gasteiger partial charge is 0.497 e. The summed E-state index contributed by atoms with van der Waals surface area (Å²) in [6, 6.07) is 7.74. The first-order valence-corrected chi connectivity index (χ1v) is 7.51. The van der Waals surface area contributed by atoms with E-state index in [2.05, 4.69) is 24.5 Å². The molecular formula is C17H28N2O2. The van der Waals surface area contributed by atoms with Gasteiger partial charge in [0.25, 0.3) is 0 Å². The first kappa shape index (κ1) is 17.5. The Kier molecular flexibility index (Phi) is 6.21. The van der Waals surface area contributed by atoms with Crippen molar-refractivity contribution in [3.8, 4) is 5.75 Å². The Balaban J connectivity index is 2.60. The van der Waals surface area contributed by atoms with Gasteiger partial charge in [0.1, 0.15) is 5.75 Å². The minimum atomic E-state index is -0.243. The summed E-state index contributed by atoms with van der Waals surface area (Å²) in [6.07, 6.45) is 0.902. The number of carbonyl (C=O) groups excluding carboxylic acids is 1. The van der Waals surface area contributed by atoms with Gasteiger partial charge in [-0.25, -0.2) is 0 Å². The van der Waals surface area contributed by atoms with Crippen LogP contribution in [0.1, 0.15) is 52.6 Å². The van der Waals surface area contributed by atoms with Crippen LogP contribution in [0.3, 0.4) is 0 Å². The van der Waals surface area contributed by atoms with Crippen molar-refractivity contribution in [3.05, 3.63) is 29.8 Å². The normalized spacial score (nSPS) is 14.4. The molecule has 118 valence electrons. The molecule has 0 fully saturated rings. The van der Waals surface area contributed by atoms with Gasteiger partial charge >= 0.3 is 0 Å². The van der Waals surface area contributed by atoms with Crippen LogP contribution in [0.5, 0.6) is 5.75 Å². The molecule has 0 aliphatic rings. The first-order chi connectivity index (χ1) is 9.79. The summed E-state index contributed by atoms with van der Waals surface area (Å²) >= 11 is 0. The molecular weight excluding hydrogens is 264 g/mol. The molecule has 21 heavy (non-hydrogen) atoms. The lowest BCUT2D eigenvalue weighted by molar-refractivity contribution is -0.124. The number of nitrogens with one attached hydrogen (secondary N) is 2. The molecule has 0 saturated heterocycles. The van der Waals surface area contributed by atoms with Crippen molar-refractivity contribution in [2.24, 2.45) is 0 Å². The maximum atomic E-state index is 12.2. The molecule has 4 nitrogen and oxygen atoms in total. The fourth-order valence-corrected chi connectivity index (χ4v) is 1.97. The summed E-state index contributed by atoms with van der Waals surface area (Å²) in [5.74, 6) is 0.864. The zero-order chi connectivity index (χ0) is 16.0. The molecule has 0 spiro atoms. The summed E-state index contributed by atoms with van der Waals surface area (Å²) in [5, 5.41) is 6.39. The maximum absolute atomic E-state index is 12.2. The van der Waals surface area contributed by atoms with Crippen molar-refractivity contribution in [2.75, 3.05) is 7.11 Å². The molecule has 0 bridgehead atoms. The SMILES string of the molecule is CCC(C)(C)NC(=O)C(C)NC(C)c1ccc(OC)cc1. The zero-order valence-corrected chi connectivity index (χ0v) is 14.0. The van der Waals surface area contributed by atoms with Crippen LogP contribution in [-0.4, -0.2) is 24.6 Å². The van der Waals surface area contributed by atoms with Crippen LogP contribution in [0, 0.1) is 0 Å². The number of rotatable bonds is 7. The van der Waals surface area contributed by atoms with Crippen LogP contribution < -0.4 is 15.4 Å². The van der Waals surface area contributed by atoms with E-state index in [4.69, 9.17) is 4.74 Å². The van der Waals surface area contributed by atoms with Crippen molar-refractivity contribution in [3.63, 3.8) is 0 Å². The standard InChI is InChI=1S/C17H28N2O2/c1-7-17(4,5)19-16(20)13(3)18-12(2)14-8-10-15(21-6)11-9-14/h8-13,18H,7H2,1-6H3,(H,19,20). The molecule has 0 saturated carbocycles. The van der Waals surface area contributed by atoms with Crippen LogP contribution in [0.4, 0.5) is 0 Å². The van der Waals surface area contributed by atoms with E-state index in [-0.39, 0.29) is 23.5 Å². The van der Waals surface area contributed by atoms with E-state index in [0.29, 0.717) is 0 Å². The van der Waals surface area contributed by atoms with Crippen molar-refractivity contribution in [2.45, 2.75) is 58.7 Å². The Morgan fingerprint density at radius 3 is 2.29 bits per heavy atom. The van der Waals surface area contributed by atoms with E-state index in [1.165, 1.54) is 0 Å². The molecule has 0 heterocycles. The molecule has 1 aromatic rings. The van der Waals surface area contributed by atoms with Crippen molar-refractivity contribution in [1.82, 2.24) is 10.6 Å². The zero-order valence-electron chi connectivity index (χ0n) is 14.0. The highest BCUT2D eigenvalue weighted by Gasteiger charge is 2.22. The van der Waals surface area contributed by atoms with E-state index < -0.39 is 0 Å². The van der Waals surface area contributed by atoms with Crippen LogP contribution in [0.15, 0.2) is 24.3 Å². The third kappa shape index (κ3) is 5.38. The van der Waals surface area contributed by atoms with Crippen LogP contribution in [-0.2, 0) is 4.79 Å². The van der Waals surface area contributed by atoms with Gasteiger partial charge in [0.15, 0.2) is 0 Å². The lowest BCUT2D eigenvalue weighted by Crippen LogP contribution is -2.51. The lowest BCUT2D eigenvalue weighted by atomic mass is 10.0. The second-order valence-corrected chi connectivity index (χ2v) is 6.11. The Labute approximate surface area is 128 Å². The predicted molar refractivity (Wildman–Crippen MR) is 86.5 cm³/mol. The Bertz CT molecular complexity index is 454. The molecule has 1 aromatic carbocycles. The van der Waals surface area contributed by atoms with Gasteiger partial charge in [-0.05, 0) is 51.8 Å². The quantitative estimate of drug-likeness (QED) is 0.812. The number of amides is 1. The minimum absolute atomic E-state index is 0.0298. The van der Waals surface area contributed by atoms with Crippen LogP contribution in [0.2, 0.25) is 0 Å². The van der Waals surface area contributed by atoms with Gasteiger partial charge in [-0.1, -0.05) is 19.1 Å². The van der Waals surface area contributed by atoms with Crippen molar-refractivity contribution in [1.29, 1.82) is 0 Å². The highest BCUT2D eigenvalue weighted by molar-refractivity contribution is 5.82. The minimum Gasteiger partial charge on any atom is -0.497 e. The summed E-state index contributed by atoms with van der Waals surface area (Å²) < 4.78 is 5.15. The molecule has 0 radical (unpaired) electrons. The molecule has 0 aromatic heterocycles. The fourth-order valence-electron chi connectivity index (χ4n) is 1.97. The van der Waals surface area contributed by atoms with Gasteiger partial charge in [-0.2, -0.15) is 0 Å². The second kappa shape index (κ2) is 7.46. The Morgan fingerprint density at radius 2 is 1.81 bits per heavy atom. The van der Waals surface area contributed by atoms with Gasteiger partial charge in [0.2, 0.25) is 5.91 Å². The number of carbonyl (C=O) groups is 1. The fraction of sp³-hybridized carbons (Fsp3) is 0.588. The topological polar surface area (TPSA) is 50.4 Å². The molecule has 2 N–H and O–H groups in total. The average molecular weight is 292 g/mol. The molecule has 0 aliphatic carbocycles. The summed E-state index contributed by atoms with van der Waals surface area (Å²) in [7, 11) is 1.65. The third-order valence-corrected chi connectivity index (χ3v) is 3.85. The van der Waals surface area contributed by atoms with E-state index in [0.717, 1.165) is 17.7 Å². The monoisotopic (exact) mass is 292 g/mol. The van der Waals surface area contributed by atoms with Crippen molar-refractivity contribution >= 4 is 5.91 Å². The van der Waals surface area contributed by atoms with Crippen LogP contribution >= 0.6 is 0 Å². The third-order valence-electron chi connectivity index (χ3n) is 3.85. The van der Waals surface area contributed by atoms with E-state index >= 15 is 0 Å². The smallest absolute Gasteiger partial charge is 0.237 e. The van der Waals surface area contributed by atoms with Crippen molar-refractivity contribution < 1.29 is 9.53 Å². The van der Waals surface area contributed by atoms with Gasteiger partial charge in [0.05, 0.1) is 13.2 Å². The maximum Gasteiger partial charge on any atom is 0.237 e. The molecule has 1 rings (SSSR count). The molecule has 1 amide bonds. The number of hydrogen-bond acceptors (Lipinski definition) is 3. The van der Waals surface area contributed by atoms with Gasteiger partial charge in [-0.3, -0.25) is 10.1 Å². The van der Waals surface area contributed by atoms with Gasteiger partial charge < -0.3 is 10.1 Å². The predicted octanol–water partition coefficient (Wildman–Crippen LogP) is 3.04. The summed E-state index contributed by atoms with van der Waals surface area (Å²) in [4.78, 5) is 12.2. The summed E-state index contributed by atoms with van der Waals surface area (Å²) in [5.41, 5.74) is 0.960. The molecule has 2 unspecified atom stereocenters. The molecule has 0 aliphatic heterocycles. The van der Waals surface area contributed by atoms with E-state index in [1.807, 2.05) is 45.0 Å². The number of hydrogen-bond donors (Lipinski definition) is 2. The average Bonchev–Trinajstić information content (AvgIpc) is 2.46. The lowest BCUT2D eigenvalue weighted by Gasteiger charge is -2.28. The van der Waals surface area contributed by atoms with E-state index in [1.54, 1.807) is 7.11 Å². The highest BCUT2D eigenvalue weighted by Crippen LogP contribution is 2.18. The number of methoxy groups -OCH3 is 1. The Hall–Kier alpha value is -1.55. The van der Waals surface area contributed by atoms with E-state index in [9.17, 15) is 4.79 Å². The Morgan fingerprint density at radius 1 is 1.24 bits per heavy atom. The van der Waals surface area contributed by atoms with Crippen LogP contribution in [0.25, 0.3) is 0 Å².